The molecule has 36 heavy (non-hydrogen) atoms. The van der Waals surface area contributed by atoms with E-state index in [1.807, 2.05) is 0 Å². The standard InChI is InChI=1S/C24H32F3N3O6/c1-23(2)21(32)30(10-5-6-11-35-4)18-12-16(17(24(25,26)27)13-19(18)36-23)20(31)28(3)15-8-7-9-29(14-15)22(33)34/h12-13,15H,5-11,14H2,1-4H3,(H,33,34)/t15-/m1/s1. The first-order valence-electron chi connectivity index (χ1n) is 11.8. The average Bonchev–Trinajstić information content (AvgIpc) is 2.81. The highest BCUT2D eigenvalue weighted by atomic mass is 19.4. The van der Waals surface area contributed by atoms with Crippen molar-refractivity contribution in [2.24, 2.45) is 0 Å². The van der Waals surface area contributed by atoms with Crippen LogP contribution in [0.2, 0.25) is 0 Å². The number of anilines is 1. The molecule has 0 spiro atoms. The number of nitrogens with zero attached hydrogens (tertiary/aromatic N) is 3. The van der Waals surface area contributed by atoms with Gasteiger partial charge in [0.05, 0.1) is 16.8 Å². The minimum atomic E-state index is -4.86. The summed E-state index contributed by atoms with van der Waals surface area (Å²) in [6.07, 6.45) is -3.90. The van der Waals surface area contributed by atoms with Crippen LogP contribution in [0.1, 0.15) is 55.5 Å². The lowest BCUT2D eigenvalue weighted by Crippen LogP contribution is -2.53. The summed E-state index contributed by atoms with van der Waals surface area (Å²) in [5.41, 5.74) is -3.08. The number of carboxylic acid groups (broad SMARTS) is 1. The molecule has 0 aromatic heterocycles. The molecule has 1 aromatic rings. The van der Waals surface area contributed by atoms with E-state index in [0.29, 0.717) is 38.8 Å². The van der Waals surface area contributed by atoms with Gasteiger partial charge in [0.15, 0.2) is 5.60 Å². The Labute approximate surface area is 207 Å². The van der Waals surface area contributed by atoms with E-state index < -0.39 is 46.9 Å². The number of fused-ring (bicyclic) bond motifs is 1. The summed E-state index contributed by atoms with van der Waals surface area (Å²) in [5, 5.41) is 9.29. The zero-order valence-corrected chi connectivity index (χ0v) is 20.9. The van der Waals surface area contributed by atoms with Gasteiger partial charge in [-0.2, -0.15) is 13.2 Å². The van der Waals surface area contributed by atoms with Gasteiger partial charge in [-0.1, -0.05) is 0 Å². The minimum Gasteiger partial charge on any atom is -0.476 e. The lowest BCUT2D eigenvalue weighted by molar-refractivity contribution is -0.138. The molecule has 2 aliphatic rings. The Morgan fingerprint density at radius 3 is 2.58 bits per heavy atom. The highest BCUT2D eigenvalue weighted by Gasteiger charge is 2.45. The molecular weight excluding hydrogens is 483 g/mol. The SMILES string of the molecule is COCCCCN1C(=O)C(C)(C)Oc2cc(C(F)(F)F)c(C(=O)N(C)[C@@H]3CCCN(C(=O)O)C3)cc21. The molecule has 0 saturated carbocycles. The molecule has 0 radical (unpaired) electrons. The van der Waals surface area contributed by atoms with Gasteiger partial charge in [-0.15, -0.1) is 0 Å². The summed E-state index contributed by atoms with van der Waals surface area (Å²) in [6, 6.07) is 1.26. The Kier molecular flexibility index (Phi) is 8.07. The Morgan fingerprint density at radius 1 is 1.28 bits per heavy atom. The van der Waals surface area contributed by atoms with Crippen molar-refractivity contribution in [2.45, 2.75) is 57.3 Å². The lowest BCUT2D eigenvalue weighted by atomic mass is 9.97. The summed E-state index contributed by atoms with van der Waals surface area (Å²) >= 11 is 0. The first kappa shape index (κ1) is 27.6. The molecule has 1 atom stereocenters. The number of amides is 3. The van der Waals surface area contributed by atoms with Crippen LogP contribution in [0, 0.1) is 0 Å². The van der Waals surface area contributed by atoms with Gasteiger partial charge in [0.2, 0.25) is 0 Å². The number of benzene rings is 1. The number of ether oxygens (including phenoxy) is 2. The predicted octanol–water partition coefficient (Wildman–Crippen LogP) is 3.85. The molecule has 3 rings (SSSR count). The number of methoxy groups -OCH3 is 1. The van der Waals surface area contributed by atoms with Crippen LogP contribution in [0.5, 0.6) is 5.75 Å². The van der Waals surface area contributed by atoms with Crippen molar-refractivity contribution >= 4 is 23.6 Å². The van der Waals surface area contributed by atoms with Crippen LogP contribution in [0.3, 0.4) is 0 Å². The number of unbranched alkanes of at least 4 members (excludes halogenated alkanes) is 1. The first-order valence-corrected chi connectivity index (χ1v) is 11.8. The summed E-state index contributed by atoms with van der Waals surface area (Å²) in [5.74, 6) is -1.46. The van der Waals surface area contributed by atoms with Crippen LogP contribution in [-0.4, -0.2) is 84.9 Å². The summed E-state index contributed by atoms with van der Waals surface area (Å²) in [6.45, 7) is 3.95. The highest BCUT2D eigenvalue weighted by Crippen LogP contribution is 2.44. The second-order valence-corrected chi connectivity index (χ2v) is 9.57. The molecular formula is C24H32F3N3O6. The number of piperidine rings is 1. The molecule has 0 aliphatic carbocycles. The van der Waals surface area contributed by atoms with Crippen molar-refractivity contribution < 1.29 is 42.1 Å². The quantitative estimate of drug-likeness (QED) is 0.554. The first-order chi connectivity index (χ1) is 16.8. The zero-order valence-electron chi connectivity index (χ0n) is 20.9. The Hall–Kier alpha value is -3.02. The average molecular weight is 516 g/mol. The fourth-order valence-corrected chi connectivity index (χ4v) is 4.56. The summed E-state index contributed by atoms with van der Waals surface area (Å²) < 4.78 is 53.0. The molecule has 0 bridgehead atoms. The maximum absolute atomic E-state index is 14.1. The zero-order chi connectivity index (χ0) is 26.8. The van der Waals surface area contributed by atoms with Crippen LogP contribution in [0.15, 0.2) is 12.1 Å². The Bertz CT molecular complexity index is 1010. The van der Waals surface area contributed by atoms with Gasteiger partial charge in [-0.3, -0.25) is 9.59 Å². The molecule has 1 fully saturated rings. The van der Waals surface area contributed by atoms with E-state index in [1.54, 1.807) is 7.11 Å². The lowest BCUT2D eigenvalue weighted by Gasteiger charge is -2.40. The number of alkyl halides is 3. The number of carbonyl (C=O) groups is 3. The van der Waals surface area contributed by atoms with Crippen LogP contribution in [0.4, 0.5) is 23.7 Å². The van der Waals surface area contributed by atoms with Gasteiger partial charge >= 0.3 is 12.3 Å². The Morgan fingerprint density at radius 2 is 1.97 bits per heavy atom. The molecule has 2 aliphatic heterocycles. The number of hydrogen-bond donors (Lipinski definition) is 1. The van der Waals surface area contributed by atoms with Crippen LogP contribution in [0.25, 0.3) is 0 Å². The number of rotatable bonds is 7. The highest BCUT2D eigenvalue weighted by molar-refractivity contribution is 6.05. The normalized spacial score (nSPS) is 19.5. The third-order valence-electron chi connectivity index (χ3n) is 6.57. The molecule has 12 heteroatoms. The van der Waals surface area contributed by atoms with Crippen molar-refractivity contribution in [1.82, 2.24) is 9.80 Å². The molecule has 1 aromatic carbocycles. The summed E-state index contributed by atoms with van der Waals surface area (Å²) in [7, 11) is 2.92. The van der Waals surface area contributed by atoms with Gasteiger partial charge in [0.25, 0.3) is 11.8 Å². The number of likely N-dealkylation sites (N-methyl/N-ethyl adjacent to an activating group) is 1. The van der Waals surface area contributed by atoms with E-state index in [2.05, 4.69) is 0 Å². The van der Waals surface area contributed by atoms with Crippen molar-refractivity contribution in [2.75, 3.05) is 45.3 Å². The van der Waals surface area contributed by atoms with Crippen LogP contribution in [-0.2, 0) is 15.7 Å². The van der Waals surface area contributed by atoms with E-state index in [0.717, 1.165) is 21.9 Å². The fraction of sp³-hybridized carbons (Fsp3) is 0.625. The van der Waals surface area contributed by atoms with Gasteiger partial charge in [0.1, 0.15) is 5.75 Å². The molecule has 9 nitrogen and oxygen atoms in total. The van der Waals surface area contributed by atoms with E-state index >= 15 is 0 Å². The molecule has 200 valence electrons. The van der Waals surface area contributed by atoms with Crippen molar-refractivity contribution in [3.63, 3.8) is 0 Å². The second-order valence-electron chi connectivity index (χ2n) is 9.57. The maximum Gasteiger partial charge on any atom is 0.417 e. The molecule has 3 amide bonds. The third-order valence-corrected chi connectivity index (χ3v) is 6.57. The van der Waals surface area contributed by atoms with E-state index in [4.69, 9.17) is 9.47 Å². The number of likely N-dealkylation sites (tertiary alicyclic amines) is 1. The maximum atomic E-state index is 14.1. The van der Waals surface area contributed by atoms with Crippen molar-refractivity contribution in [3.05, 3.63) is 23.3 Å². The van der Waals surface area contributed by atoms with Crippen molar-refractivity contribution in [1.29, 1.82) is 0 Å². The molecule has 1 saturated heterocycles. The number of halogens is 3. The topological polar surface area (TPSA) is 99.6 Å². The van der Waals surface area contributed by atoms with Gasteiger partial charge < -0.3 is 29.3 Å². The smallest absolute Gasteiger partial charge is 0.417 e. The Balaban J connectivity index is 2.02. The van der Waals surface area contributed by atoms with Crippen LogP contribution >= 0.6 is 0 Å². The summed E-state index contributed by atoms with van der Waals surface area (Å²) in [4.78, 5) is 41.5. The fourth-order valence-electron chi connectivity index (χ4n) is 4.56. The second kappa shape index (κ2) is 10.5. The van der Waals surface area contributed by atoms with Crippen LogP contribution < -0.4 is 9.64 Å². The monoisotopic (exact) mass is 515 g/mol. The van der Waals surface area contributed by atoms with Gasteiger partial charge in [0, 0.05) is 46.4 Å². The molecule has 2 heterocycles. The van der Waals surface area contributed by atoms with Crippen molar-refractivity contribution in [3.8, 4) is 5.75 Å². The van der Waals surface area contributed by atoms with E-state index in [1.165, 1.54) is 25.8 Å². The predicted molar refractivity (Wildman–Crippen MR) is 124 cm³/mol. The third kappa shape index (κ3) is 5.69. The number of carbonyl (C=O) groups excluding carboxylic acids is 2. The molecule has 0 unspecified atom stereocenters. The van der Waals surface area contributed by atoms with Gasteiger partial charge in [-0.25, -0.2) is 4.79 Å². The largest absolute Gasteiger partial charge is 0.476 e. The van der Waals surface area contributed by atoms with Gasteiger partial charge in [-0.05, 0) is 51.7 Å². The minimum absolute atomic E-state index is 0.00523. The number of hydrogen-bond acceptors (Lipinski definition) is 5. The molecule has 1 N–H and O–H groups in total. The van der Waals surface area contributed by atoms with E-state index in [-0.39, 0.29) is 24.5 Å². The van der Waals surface area contributed by atoms with E-state index in [9.17, 15) is 32.7 Å².